The van der Waals surface area contributed by atoms with Gasteiger partial charge in [0.15, 0.2) is 0 Å². The van der Waals surface area contributed by atoms with Crippen LogP contribution in [-0.4, -0.2) is 5.11 Å². The zero-order valence-electron chi connectivity index (χ0n) is 7.16. The zero-order chi connectivity index (χ0) is 9.05. The molecule has 1 heterocycles. The van der Waals surface area contributed by atoms with Crippen LogP contribution in [0.15, 0.2) is 11.4 Å². The largest absolute Gasteiger partial charge is 0.384 e. The van der Waals surface area contributed by atoms with Crippen LogP contribution in [0, 0.1) is 15.4 Å². The van der Waals surface area contributed by atoms with E-state index < -0.39 is 5.60 Å². The van der Waals surface area contributed by atoms with Crippen LogP contribution in [0.5, 0.6) is 0 Å². The summed E-state index contributed by atoms with van der Waals surface area (Å²) in [7, 11) is 0. The molecular weight excluding hydrogens is 295 g/mol. The second kappa shape index (κ2) is 2.70. The Balaban J connectivity index is 1.99. The van der Waals surface area contributed by atoms with Gasteiger partial charge in [0.1, 0.15) is 5.60 Å². The van der Waals surface area contributed by atoms with Crippen LogP contribution in [0.1, 0.15) is 24.1 Å². The third kappa shape index (κ3) is 1.01. The molecule has 0 aromatic carbocycles. The zero-order valence-corrected chi connectivity index (χ0v) is 10.1. The Morgan fingerprint density at radius 3 is 2.69 bits per heavy atom. The molecule has 0 spiro atoms. The number of aliphatic hydroxyl groups is 1. The molecule has 1 aromatic rings. The summed E-state index contributed by atoms with van der Waals surface area (Å²) in [6.45, 7) is 0. The summed E-state index contributed by atoms with van der Waals surface area (Å²) < 4.78 is 1.25. The van der Waals surface area contributed by atoms with Gasteiger partial charge in [-0.1, -0.05) is 6.42 Å². The lowest BCUT2D eigenvalue weighted by atomic mass is 10.1. The van der Waals surface area contributed by atoms with Crippen molar-refractivity contribution in [3.05, 3.63) is 19.9 Å². The number of rotatable bonds is 1. The highest BCUT2D eigenvalue weighted by Crippen LogP contribution is 2.67. The molecule has 0 amide bonds. The Morgan fingerprint density at radius 1 is 1.46 bits per heavy atom. The first-order chi connectivity index (χ1) is 6.24. The summed E-state index contributed by atoms with van der Waals surface area (Å²) >= 11 is 4.05. The van der Waals surface area contributed by atoms with Gasteiger partial charge in [0.25, 0.3) is 0 Å². The summed E-state index contributed by atoms with van der Waals surface area (Å²) in [5.74, 6) is 1.17. The van der Waals surface area contributed by atoms with Crippen molar-refractivity contribution in [1.82, 2.24) is 0 Å². The molecule has 0 radical (unpaired) electrons. The molecule has 1 aromatic heterocycles. The van der Waals surface area contributed by atoms with Crippen LogP contribution in [0.3, 0.4) is 0 Å². The molecule has 2 saturated carbocycles. The van der Waals surface area contributed by atoms with Gasteiger partial charge in [-0.2, -0.15) is 0 Å². The topological polar surface area (TPSA) is 20.2 Å². The first-order valence-electron chi connectivity index (χ1n) is 4.70. The van der Waals surface area contributed by atoms with E-state index in [0.29, 0.717) is 11.8 Å². The SMILES string of the molecule is OC1(c2sccc2I)C2CCCC21. The molecule has 2 unspecified atom stereocenters. The number of halogens is 1. The van der Waals surface area contributed by atoms with E-state index in [9.17, 15) is 5.11 Å². The lowest BCUT2D eigenvalue weighted by Crippen LogP contribution is -2.12. The van der Waals surface area contributed by atoms with Crippen molar-refractivity contribution in [3.63, 3.8) is 0 Å². The molecule has 0 aliphatic heterocycles. The molecule has 2 aliphatic carbocycles. The minimum atomic E-state index is -0.414. The van der Waals surface area contributed by atoms with E-state index in [0.717, 1.165) is 0 Å². The number of hydrogen-bond acceptors (Lipinski definition) is 2. The van der Waals surface area contributed by atoms with E-state index in [1.165, 1.54) is 27.7 Å². The smallest absolute Gasteiger partial charge is 0.106 e. The average molecular weight is 306 g/mol. The molecule has 2 fully saturated rings. The summed E-state index contributed by atoms with van der Waals surface area (Å²) in [5, 5.41) is 12.5. The van der Waals surface area contributed by atoms with Crippen LogP contribution in [0.2, 0.25) is 0 Å². The molecule has 3 heteroatoms. The second-order valence-electron chi connectivity index (χ2n) is 4.07. The van der Waals surface area contributed by atoms with Gasteiger partial charge in [-0.25, -0.2) is 0 Å². The summed E-state index contributed by atoms with van der Waals surface area (Å²) in [5.41, 5.74) is -0.414. The molecule has 0 bridgehead atoms. The fraction of sp³-hybridized carbons (Fsp3) is 0.600. The van der Waals surface area contributed by atoms with Gasteiger partial charge in [-0.15, -0.1) is 11.3 Å². The third-order valence-corrected chi connectivity index (χ3v) is 5.84. The van der Waals surface area contributed by atoms with Gasteiger partial charge in [0.05, 0.1) is 4.88 Å². The summed E-state index contributed by atoms with van der Waals surface area (Å²) in [6.07, 6.45) is 3.78. The van der Waals surface area contributed by atoms with Crippen molar-refractivity contribution in [2.24, 2.45) is 11.8 Å². The maximum absolute atomic E-state index is 10.5. The fourth-order valence-electron chi connectivity index (χ4n) is 2.84. The minimum Gasteiger partial charge on any atom is -0.384 e. The summed E-state index contributed by atoms with van der Waals surface area (Å²) in [4.78, 5) is 1.22. The van der Waals surface area contributed by atoms with E-state index in [4.69, 9.17) is 0 Å². The monoisotopic (exact) mass is 306 g/mol. The van der Waals surface area contributed by atoms with Crippen molar-refractivity contribution in [3.8, 4) is 0 Å². The van der Waals surface area contributed by atoms with Crippen LogP contribution in [0.4, 0.5) is 0 Å². The molecule has 70 valence electrons. The molecule has 2 aliphatic rings. The Morgan fingerprint density at radius 2 is 2.15 bits per heavy atom. The fourth-order valence-corrected chi connectivity index (χ4v) is 5.09. The van der Waals surface area contributed by atoms with E-state index in [1.807, 2.05) is 0 Å². The first kappa shape index (κ1) is 8.68. The van der Waals surface area contributed by atoms with Gasteiger partial charge in [-0.3, -0.25) is 0 Å². The van der Waals surface area contributed by atoms with E-state index in [1.54, 1.807) is 11.3 Å². The quantitative estimate of drug-likeness (QED) is 0.791. The van der Waals surface area contributed by atoms with E-state index in [-0.39, 0.29) is 0 Å². The molecule has 0 saturated heterocycles. The van der Waals surface area contributed by atoms with Crippen molar-refractivity contribution in [2.45, 2.75) is 24.9 Å². The maximum atomic E-state index is 10.5. The Labute approximate surface area is 95.3 Å². The normalized spacial score (nSPS) is 42.0. The van der Waals surface area contributed by atoms with Gasteiger partial charge in [-0.05, 0) is 58.7 Å². The van der Waals surface area contributed by atoms with Crippen LogP contribution in [-0.2, 0) is 5.60 Å². The molecule has 2 atom stereocenters. The number of fused-ring (bicyclic) bond motifs is 1. The number of hydrogen-bond donors (Lipinski definition) is 1. The van der Waals surface area contributed by atoms with Crippen molar-refractivity contribution in [2.75, 3.05) is 0 Å². The number of thiophene rings is 1. The van der Waals surface area contributed by atoms with Gasteiger partial charge >= 0.3 is 0 Å². The molecular formula is C10H11IOS. The highest BCUT2D eigenvalue weighted by molar-refractivity contribution is 14.1. The Bertz CT molecular complexity index is 336. The molecule has 3 rings (SSSR count). The lowest BCUT2D eigenvalue weighted by Gasteiger charge is -2.12. The van der Waals surface area contributed by atoms with Crippen LogP contribution in [0.25, 0.3) is 0 Å². The molecule has 13 heavy (non-hydrogen) atoms. The first-order valence-corrected chi connectivity index (χ1v) is 6.66. The van der Waals surface area contributed by atoms with Crippen molar-refractivity contribution >= 4 is 33.9 Å². The molecule has 1 N–H and O–H groups in total. The Hall–Kier alpha value is 0.390. The van der Waals surface area contributed by atoms with E-state index >= 15 is 0 Å². The summed E-state index contributed by atoms with van der Waals surface area (Å²) in [6, 6.07) is 2.10. The standard InChI is InChI=1S/C10H11IOS/c11-8-4-5-13-9(8)10(12)6-2-1-3-7(6)10/h4-7,12H,1-3H2. The van der Waals surface area contributed by atoms with Gasteiger partial charge in [0.2, 0.25) is 0 Å². The third-order valence-electron chi connectivity index (χ3n) is 3.52. The highest BCUT2D eigenvalue weighted by Gasteiger charge is 2.67. The predicted molar refractivity (Wildman–Crippen MR) is 61.8 cm³/mol. The van der Waals surface area contributed by atoms with Crippen molar-refractivity contribution < 1.29 is 5.11 Å². The van der Waals surface area contributed by atoms with Gasteiger partial charge < -0.3 is 5.11 Å². The maximum Gasteiger partial charge on any atom is 0.106 e. The van der Waals surface area contributed by atoms with Crippen LogP contribution >= 0.6 is 33.9 Å². The van der Waals surface area contributed by atoms with E-state index in [2.05, 4.69) is 34.0 Å². The predicted octanol–water partition coefficient (Wildman–Crippen LogP) is 2.97. The highest BCUT2D eigenvalue weighted by atomic mass is 127. The minimum absolute atomic E-state index is 0.414. The molecule has 1 nitrogen and oxygen atoms in total. The Kier molecular flexibility index (Phi) is 1.80. The second-order valence-corrected chi connectivity index (χ2v) is 6.15. The lowest BCUT2D eigenvalue weighted by molar-refractivity contribution is 0.108. The average Bonchev–Trinajstić information content (AvgIpc) is 2.61. The van der Waals surface area contributed by atoms with Gasteiger partial charge in [0, 0.05) is 3.57 Å². The van der Waals surface area contributed by atoms with Crippen LogP contribution < -0.4 is 0 Å². The van der Waals surface area contributed by atoms with Crippen molar-refractivity contribution in [1.29, 1.82) is 0 Å².